The molecule has 2 heterocycles. The number of halogens is 1. The Morgan fingerprint density at radius 3 is 2.54 bits per heavy atom. The van der Waals surface area contributed by atoms with Crippen molar-refractivity contribution in [2.75, 3.05) is 19.6 Å². The Bertz CT molecular complexity index is 667. The molecule has 6 heteroatoms. The lowest BCUT2D eigenvalue weighted by Crippen LogP contribution is -2.41. The van der Waals surface area contributed by atoms with E-state index in [0.29, 0.717) is 18.7 Å². The third kappa shape index (κ3) is 5.30. The maximum Gasteiger partial charge on any atom is 0.251 e. The van der Waals surface area contributed by atoms with Crippen LogP contribution in [0.5, 0.6) is 0 Å². The second kappa shape index (κ2) is 10.1. The van der Waals surface area contributed by atoms with E-state index < -0.39 is 0 Å². The highest BCUT2D eigenvalue weighted by Crippen LogP contribution is 2.29. The Labute approximate surface area is 166 Å². The highest BCUT2D eigenvalue weighted by Gasteiger charge is 2.25. The van der Waals surface area contributed by atoms with Crippen LogP contribution in [0.25, 0.3) is 0 Å². The zero-order valence-electron chi connectivity index (χ0n) is 15.2. The molecule has 1 amide bonds. The van der Waals surface area contributed by atoms with Crippen LogP contribution in [0.1, 0.15) is 46.6 Å². The van der Waals surface area contributed by atoms with Crippen molar-refractivity contribution in [3.63, 3.8) is 0 Å². The molecular weight excluding hydrogens is 366 g/mol. The lowest BCUT2D eigenvalue weighted by atomic mass is 9.97. The molecule has 1 aromatic carbocycles. The fraction of sp³-hybridized carbons (Fsp3) is 0.450. The summed E-state index contributed by atoms with van der Waals surface area (Å²) in [6.45, 7) is 5.67. The number of nitrogens with zero attached hydrogens (tertiary/aromatic N) is 1. The summed E-state index contributed by atoms with van der Waals surface area (Å²) < 4.78 is 0. The standard InChI is InChI=1S/C20H27N3OS.ClH/c1-15-8-10-23(11-9-15)18(19-3-2-12-25-19)14-22-20(24)17-6-4-16(13-21)5-7-17;/h2-7,12,15,18H,8-11,13-14,21H2,1H3,(H,22,24);1H. The van der Waals surface area contributed by atoms with E-state index in [9.17, 15) is 4.79 Å². The Kier molecular flexibility index (Phi) is 8.10. The molecule has 1 atom stereocenters. The molecule has 142 valence electrons. The fourth-order valence-electron chi connectivity index (χ4n) is 3.31. The smallest absolute Gasteiger partial charge is 0.251 e. The number of carbonyl (C=O) groups excluding carboxylic acids is 1. The molecule has 0 saturated carbocycles. The van der Waals surface area contributed by atoms with Crippen molar-refractivity contribution >= 4 is 29.7 Å². The number of amides is 1. The number of hydrogen-bond donors (Lipinski definition) is 2. The number of benzene rings is 1. The summed E-state index contributed by atoms with van der Waals surface area (Å²) in [5, 5.41) is 5.24. The molecule has 0 bridgehead atoms. The molecule has 1 fully saturated rings. The molecule has 3 rings (SSSR count). The average molecular weight is 394 g/mol. The second-order valence-corrected chi connectivity index (χ2v) is 7.84. The normalized spacial score (nSPS) is 16.7. The first-order valence-electron chi connectivity index (χ1n) is 9.02. The van der Waals surface area contributed by atoms with Crippen LogP contribution in [-0.2, 0) is 6.54 Å². The van der Waals surface area contributed by atoms with Gasteiger partial charge in [-0.3, -0.25) is 9.69 Å². The number of nitrogens with one attached hydrogen (secondary N) is 1. The van der Waals surface area contributed by atoms with Crippen LogP contribution in [0.15, 0.2) is 41.8 Å². The van der Waals surface area contributed by atoms with Crippen molar-refractivity contribution in [3.8, 4) is 0 Å². The molecule has 3 N–H and O–H groups in total. The van der Waals surface area contributed by atoms with Crippen molar-refractivity contribution in [2.24, 2.45) is 11.7 Å². The van der Waals surface area contributed by atoms with Crippen LogP contribution in [0, 0.1) is 5.92 Å². The minimum atomic E-state index is -0.0181. The van der Waals surface area contributed by atoms with Gasteiger partial charge in [0, 0.05) is 23.5 Å². The molecule has 1 aromatic heterocycles. The zero-order valence-corrected chi connectivity index (χ0v) is 16.8. The third-order valence-electron chi connectivity index (χ3n) is 5.04. The summed E-state index contributed by atoms with van der Waals surface area (Å²) in [6.07, 6.45) is 2.47. The van der Waals surface area contributed by atoms with Gasteiger partial charge in [0.15, 0.2) is 0 Å². The first-order chi connectivity index (χ1) is 12.2. The van der Waals surface area contributed by atoms with E-state index in [2.05, 4.69) is 34.7 Å². The van der Waals surface area contributed by atoms with Gasteiger partial charge in [-0.1, -0.05) is 25.1 Å². The van der Waals surface area contributed by atoms with E-state index in [1.165, 1.54) is 17.7 Å². The van der Waals surface area contributed by atoms with Crippen LogP contribution in [0.3, 0.4) is 0 Å². The molecule has 1 saturated heterocycles. The molecule has 26 heavy (non-hydrogen) atoms. The van der Waals surface area contributed by atoms with E-state index in [0.717, 1.165) is 24.6 Å². The summed E-state index contributed by atoms with van der Waals surface area (Å²) in [5.41, 5.74) is 7.34. The molecule has 0 aliphatic carbocycles. The zero-order chi connectivity index (χ0) is 17.6. The predicted molar refractivity (Wildman–Crippen MR) is 111 cm³/mol. The third-order valence-corrected chi connectivity index (χ3v) is 6.01. The maximum absolute atomic E-state index is 12.5. The molecule has 1 unspecified atom stereocenters. The van der Waals surface area contributed by atoms with Gasteiger partial charge < -0.3 is 11.1 Å². The van der Waals surface area contributed by atoms with Crippen LogP contribution in [0.4, 0.5) is 0 Å². The van der Waals surface area contributed by atoms with Crippen LogP contribution >= 0.6 is 23.7 Å². The van der Waals surface area contributed by atoms with E-state index in [4.69, 9.17) is 5.73 Å². The molecule has 4 nitrogen and oxygen atoms in total. The topological polar surface area (TPSA) is 58.4 Å². The monoisotopic (exact) mass is 393 g/mol. The molecule has 1 aliphatic rings. The molecular formula is C20H28ClN3OS. The average Bonchev–Trinajstić information content (AvgIpc) is 3.17. The molecule has 0 spiro atoms. The lowest BCUT2D eigenvalue weighted by molar-refractivity contribution is 0.0915. The Hall–Kier alpha value is -1.40. The first-order valence-corrected chi connectivity index (χ1v) is 9.90. The van der Waals surface area contributed by atoms with Gasteiger partial charge in [-0.25, -0.2) is 0 Å². The Balaban J connectivity index is 0.00000243. The predicted octanol–water partition coefficient (Wildman–Crippen LogP) is 3.83. The summed E-state index contributed by atoms with van der Waals surface area (Å²) in [6, 6.07) is 12.1. The molecule has 0 radical (unpaired) electrons. The van der Waals surface area contributed by atoms with Gasteiger partial charge in [0.2, 0.25) is 0 Å². The number of rotatable bonds is 6. The lowest BCUT2D eigenvalue weighted by Gasteiger charge is -2.36. The largest absolute Gasteiger partial charge is 0.350 e. The summed E-state index contributed by atoms with van der Waals surface area (Å²) in [5.74, 6) is 0.784. The van der Waals surface area contributed by atoms with Gasteiger partial charge in [0.25, 0.3) is 5.91 Å². The van der Waals surface area contributed by atoms with Crippen molar-refractivity contribution < 1.29 is 4.79 Å². The number of thiophene rings is 1. The van der Waals surface area contributed by atoms with Gasteiger partial charge in [-0.05, 0) is 61.0 Å². The minimum Gasteiger partial charge on any atom is -0.350 e. The van der Waals surface area contributed by atoms with Crippen molar-refractivity contribution in [1.29, 1.82) is 0 Å². The van der Waals surface area contributed by atoms with Gasteiger partial charge in [0.05, 0.1) is 6.04 Å². The van der Waals surface area contributed by atoms with E-state index in [-0.39, 0.29) is 24.4 Å². The van der Waals surface area contributed by atoms with Crippen LogP contribution < -0.4 is 11.1 Å². The minimum absolute atomic E-state index is 0. The fourth-order valence-corrected chi connectivity index (χ4v) is 4.18. The number of carbonyl (C=O) groups is 1. The van der Waals surface area contributed by atoms with E-state index >= 15 is 0 Å². The molecule has 1 aliphatic heterocycles. The van der Waals surface area contributed by atoms with E-state index in [1.54, 1.807) is 11.3 Å². The second-order valence-electron chi connectivity index (χ2n) is 6.86. The SMILES string of the molecule is CC1CCN(C(CNC(=O)c2ccc(CN)cc2)c2cccs2)CC1.Cl. The summed E-state index contributed by atoms with van der Waals surface area (Å²) in [4.78, 5) is 16.3. The number of likely N-dealkylation sites (tertiary alicyclic amines) is 1. The van der Waals surface area contributed by atoms with Gasteiger partial charge in [0.1, 0.15) is 0 Å². The highest BCUT2D eigenvalue weighted by molar-refractivity contribution is 7.10. The quantitative estimate of drug-likeness (QED) is 0.784. The van der Waals surface area contributed by atoms with Gasteiger partial charge in [-0.2, -0.15) is 0 Å². The maximum atomic E-state index is 12.5. The van der Waals surface area contributed by atoms with Crippen LogP contribution in [-0.4, -0.2) is 30.4 Å². The van der Waals surface area contributed by atoms with Crippen molar-refractivity contribution in [1.82, 2.24) is 10.2 Å². The highest BCUT2D eigenvalue weighted by atomic mass is 35.5. The summed E-state index contributed by atoms with van der Waals surface area (Å²) in [7, 11) is 0. The van der Waals surface area contributed by atoms with Gasteiger partial charge in [-0.15, -0.1) is 23.7 Å². The Morgan fingerprint density at radius 2 is 1.96 bits per heavy atom. The van der Waals surface area contributed by atoms with Crippen molar-refractivity contribution in [3.05, 3.63) is 57.8 Å². The Morgan fingerprint density at radius 1 is 1.27 bits per heavy atom. The van der Waals surface area contributed by atoms with Crippen molar-refractivity contribution in [2.45, 2.75) is 32.4 Å². The number of piperidine rings is 1. The van der Waals surface area contributed by atoms with E-state index in [1.807, 2.05) is 24.3 Å². The van der Waals surface area contributed by atoms with Gasteiger partial charge >= 0.3 is 0 Å². The molecule has 2 aromatic rings. The summed E-state index contributed by atoms with van der Waals surface area (Å²) >= 11 is 1.77. The number of hydrogen-bond acceptors (Lipinski definition) is 4. The number of nitrogens with two attached hydrogens (primary N) is 1. The first kappa shape index (κ1) is 20.9. The van der Waals surface area contributed by atoms with Crippen LogP contribution in [0.2, 0.25) is 0 Å².